The van der Waals surface area contributed by atoms with Crippen molar-refractivity contribution >= 4 is 24.0 Å². The van der Waals surface area contributed by atoms with Crippen LogP contribution < -0.4 is 5.32 Å². The van der Waals surface area contributed by atoms with Crippen molar-refractivity contribution in [2.45, 2.75) is 12.7 Å². The van der Waals surface area contributed by atoms with Crippen LogP contribution in [-0.4, -0.2) is 12.7 Å². The average molecular weight is 260 g/mol. The lowest BCUT2D eigenvalue weighted by molar-refractivity contribution is -0.125. The van der Waals surface area contributed by atoms with Crippen LogP contribution in [-0.2, 0) is 6.54 Å². The number of halogens is 5. The van der Waals surface area contributed by atoms with E-state index in [-0.39, 0.29) is 19.0 Å². The smallest absolute Gasteiger partial charge is 0.305 e. The van der Waals surface area contributed by atoms with Crippen LogP contribution in [0.25, 0.3) is 0 Å². The molecule has 0 unspecified atom stereocenters. The molecule has 0 fully saturated rings. The average Bonchev–Trinajstić information content (AvgIpc) is 2.06. The maximum atomic E-state index is 11.7. The fourth-order valence-electron chi connectivity index (χ4n) is 0.951. The third-order valence-corrected chi connectivity index (χ3v) is 1.82. The van der Waals surface area contributed by atoms with Crippen LogP contribution >= 0.6 is 24.0 Å². The van der Waals surface area contributed by atoms with E-state index < -0.39 is 12.7 Å². The van der Waals surface area contributed by atoms with Crippen molar-refractivity contribution in [2.75, 3.05) is 6.54 Å². The van der Waals surface area contributed by atoms with Crippen LogP contribution in [0.4, 0.5) is 13.2 Å². The lowest BCUT2D eigenvalue weighted by atomic mass is 10.2. The minimum atomic E-state index is -4.16. The van der Waals surface area contributed by atoms with E-state index in [1.807, 2.05) is 0 Å². The molecule has 1 rings (SSSR count). The van der Waals surface area contributed by atoms with Gasteiger partial charge in [-0.1, -0.05) is 23.7 Å². The summed E-state index contributed by atoms with van der Waals surface area (Å²) in [5.41, 5.74) is 0.777. The molecular formula is C9H10Cl2F3N. The molecule has 6 heteroatoms. The van der Waals surface area contributed by atoms with Gasteiger partial charge in [0.05, 0.1) is 6.54 Å². The van der Waals surface area contributed by atoms with Crippen LogP contribution in [0, 0.1) is 0 Å². The monoisotopic (exact) mass is 259 g/mol. The Morgan fingerprint density at radius 2 is 1.67 bits per heavy atom. The van der Waals surface area contributed by atoms with Crippen molar-refractivity contribution in [3.8, 4) is 0 Å². The van der Waals surface area contributed by atoms with E-state index in [1.54, 1.807) is 24.3 Å². The second kappa shape index (κ2) is 6.20. The summed E-state index contributed by atoms with van der Waals surface area (Å²) in [6.07, 6.45) is -4.16. The number of hydrogen-bond donors (Lipinski definition) is 1. The summed E-state index contributed by atoms with van der Waals surface area (Å²) in [6.45, 7) is -0.785. The molecule has 0 aromatic heterocycles. The van der Waals surface area contributed by atoms with E-state index in [0.29, 0.717) is 5.02 Å². The van der Waals surface area contributed by atoms with Gasteiger partial charge in [0, 0.05) is 11.6 Å². The standard InChI is InChI=1S/C9H9ClF3N.ClH/c10-8-3-1-7(2-4-8)5-14-6-9(11,12)13;/h1-4,14H,5-6H2;1H. The fraction of sp³-hybridized carbons (Fsp3) is 0.333. The van der Waals surface area contributed by atoms with Gasteiger partial charge in [0.1, 0.15) is 0 Å². The van der Waals surface area contributed by atoms with Crippen molar-refractivity contribution < 1.29 is 13.2 Å². The van der Waals surface area contributed by atoms with Crippen molar-refractivity contribution in [1.82, 2.24) is 5.32 Å². The Labute approximate surface area is 97.0 Å². The molecule has 0 aliphatic rings. The largest absolute Gasteiger partial charge is 0.401 e. The fourth-order valence-corrected chi connectivity index (χ4v) is 1.08. The zero-order valence-corrected chi connectivity index (χ0v) is 9.22. The molecule has 0 saturated heterocycles. The summed E-state index contributed by atoms with van der Waals surface area (Å²) in [5, 5.41) is 2.87. The van der Waals surface area contributed by atoms with Gasteiger partial charge in [-0.2, -0.15) is 13.2 Å². The van der Waals surface area contributed by atoms with Crippen LogP contribution in [0.5, 0.6) is 0 Å². The molecule has 0 aliphatic heterocycles. The Morgan fingerprint density at radius 3 is 2.13 bits per heavy atom. The summed E-state index contributed by atoms with van der Waals surface area (Å²) in [7, 11) is 0. The van der Waals surface area contributed by atoms with Crippen LogP contribution in [0.3, 0.4) is 0 Å². The van der Waals surface area contributed by atoms with Crippen LogP contribution in [0.1, 0.15) is 5.56 Å². The van der Waals surface area contributed by atoms with Crippen molar-refractivity contribution in [2.24, 2.45) is 0 Å². The number of benzene rings is 1. The maximum Gasteiger partial charge on any atom is 0.401 e. The molecule has 0 radical (unpaired) electrons. The predicted octanol–water partition coefficient (Wildman–Crippen LogP) is 3.41. The van der Waals surface area contributed by atoms with Gasteiger partial charge >= 0.3 is 6.18 Å². The molecule has 1 N–H and O–H groups in total. The zero-order valence-electron chi connectivity index (χ0n) is 7.64. The number of rotatable bonds is 3. The molecule has 0 aliphatic carbocycles. The highest BCUT2D eigenvalue weighted by atomic mass is 35.5. The normalized spacial score (nSPS) is 10.9. The van der Waals surface area contributed by atoms with Crippen molar-refractivity contribution in [3.05, 3.63) is 34.9 Å². The van der Waals surface area contributed by atoms with Gasteiger partial charge in [-0.05, 0) is 17.7 Å². The Bertz CT molecular complexity index is 284. The van der Waals surface area contributed by atoms with Crippen molar-refractivity contribution in [1.29, 1.82) is 0 Å². The van der Waals surface area contributed by atoms with Gasteiger partial charge in [-0.3, -0.25) is 0 Å². The van der Waals surface area contributed by atoms with Crippen LogP contribution in [0.2, 0.25) is 5.02 Å². The Kier molecular flexibility index (Phi) is 6.02. The van der Waals surface area contributed by atoms with Crippen molar-refractivity contribution in [3.63, 3.8) is 0 Å². The summed E-state index contributed by atoms with van der Waals surface area (Å²) in [6, 6.07) is 6.66. The first kappa shape index (κ1) is 14.6. The third kappa shape index (κ3) is 6.60. The molecular weight excluding hydrogens is 250 g/mol. The Balaban J connectivity index is 0.00000196. The maximum absolute atomic E-state index is 11.7. The molecule has 86 valence electrons. The molecule has 0 bridgehead atoms. The summed E-state index contributed by atoms with van der Waals surface area (Å²) in [4.78, 5) is 0. The quantitative estimate of drug-likeness (QED) is 0.878. The molecule has 0 heterocycles. The highest BCUT2D eigenvalue weighted by molar-refractivity contribution is 6.30. The highest BCUT2D eigenvalue weighted by Crippen LogP contribution is 2.13. The van der Waals surface area contributed by atoms with Gasteiger partial charge in [0.2, 0.25) is 0 Å². The Hall–Kier alpha value is -0.450. The molecule has 15 heavy (non-hydrogen) atoms. The first-order chi connectivity index (χ1) is 6.47. The Morgan fingerprint density at radius 1 is 1.13 bits per heavy atom. The minimum absolute atomic E-state index is 0. The first-order valence-electron chi connectivity index (χ1n) is 3.99. The van der Waals surface area contributed by atoms with E-state index >= 15 is 0 Å². The molecule has 1 nitrogen and oxygen atoms in total. The topological polar surface area (TPSA) is 12.0 Å². The highest BCUT2D eigenvalue weighted by Gasteiger charge is 2.25. The molecule has 1 aromatic rings. The molecule has 1 aromatic carbocycles. The first-order valence-corrected chi connectivity index (χ1v) is 4.37. The van der Waals surface area contributed by atoms with E-state index in [4.69, 9.17) is 11.6 Å². The number of nitrogens with one attached hydrogen (secondary N) is 1. The van der Waals surface area contributed by atoms with E-state index in [9.17, 15) is 13.2 Å². The lowest BCUT2D eigenvalue weighted by Gasteiger charge is -2.07. The number of hydrogen-bond acceptors (Lipinski definition) is 1. The zero-order chi connectivity index (χ0) is 10.6. The molecule has 0 saturated carbocycles. The van der Waals surface area contributed by atoms with Gasteiger partial charge in [-0.25, -0.2) is 0 Å². The third-order valence-electron chi connectivity index (χ3n) is 1.57. The second-order valence-corrected chi connectivity index (χ2v) is 3.28. The van der Waals surface area contributed by atoms with E-state index in [1.165, 1.54) is 0 Å². The van der Waals surface area contributed by atoms with E-state index in [2.05, 4.69) is 5.32 Å². The summed E-state index contributed by atoms with van der Waals surface area (Å²) in [5.74, 6) is 0. The number of alkyl halides is 3. The van der Waals surface area contributed by atoms with Gasteiger partial charge in [0.15, 0.2) is 0 Å². The minimum Gasteiger partial charge on any atom is -0.305 e. The van der Waals surface area contributed by atoms with E-state index in [0.717, 1.165) is 5.56 Å². The molecule has 0 spiro atoms. The van der Waals surface area contributed by atoms with Gasteiger partial charge in [-0.15, -0.1) is 12.4 Å². The summed E-state index contributed by atoms with van der Waals surface area (Å²) >= 11 is 5.62. The molecule has 0 amide bonds. The lowest BCUT2D eigenvalue weighted by Crippen LogP contribution is -2.28. The van der Waals surface area contributed by atoms with Gasteiger partial charge < -0.3 is 5.32 Å². The second-order valence-electron chi connectivity index (χ2n) is 2.85. The van der Waals surface area contributed by atoms with Crippen LogP contribution in [0.15, 0.2) is 24.3 Å². The summed E-state index contributed by atoms with van der Waals surface area (Å²) < 4.78 is 35.2. The SMILES string of the molecule is Cl.FC(F)(F)CNCc1ccc(Cl)cc1. The van der Waals surface area contributed by atoms with Gasteiger partial charge in [0.25, 0.3) is 0 Å². The predicted molar refractivity (Wildman–Crippen MR) is 56.5 cm³/mol. The molecule has 0 atom stereocenters.